The number of benzene rings is 1. The Morgan fingerprint density at radius 2 is 1.87 bits per heavy atom. The van der Waals surface area contributed by atoms with E-state index in [4.69, 9.17) is 0 Å². The normalized spacial score (nSPS) is 16.7. The number of halogens is 4. The van der Waals surface area contributed by atoms with E-state index in [1.807, 2.05) is 0 Å². The Morgan fingerprint density at radius 3 is 2.47 bits per heavy atom. The molecule has 10 heteroatoms. The van der Waals surface area contributed by atoms with Crippen LogP contribution >= 0.6 is 0 Å². The molecule has 0 aliphatic carbocycles. The van der Waals surface area contributed by atoms with Crippen LogP contribution < -0.4 is 10.6 Å². The van der Waals surface area contributed by atoms with Gasteiger partial charge in [0.05, 0.1) is 0 Å². The van der Waals surface area contributed by atoms with E-state index in [2.05, 4.69) is 25.6 Å². The fourth-order valence-electron chi connectivity index (χ4n) is 3.56. The molecule has 3 rings (SSSR count). The lowest BCUT2D eigenvalue weighted by Crippen LogP contribution is -2.48. The number of aromatic nitrogens is 2. The van der Waals surface area contributed by atoms with Gasteiger partial charge in [-0.05, 0) is 30.5 Å². The second-order valence-electron chi connectivity index (χ2n) is 7.42. The average Bonchev–Trinajstić information content (AvgIpc) is 3.09. The molecule has 2 heterocycles. The SMILES string of the molecule is CN=C(NCc1cn(C)nc1C(F)(F)F)NC1CCN(Cc2ccc(F)cc2)CC1. The number of alkyl halides is 3. The number of guanidine groups is 1. The van der Waals surface area contributed by atoms with Crippen LogP contribution in [0.1, 0.15) is 29.7 Å². The molecule has 0 atom stereocenters. The van der Waals surface area contributed by atoms with Crippen molar-refractivity contribution in [1.29, 1.82) is 0 Å². The Kier molecular flexibility index (Phi) is 6.96. The monoisotopic (exact) mass is 426 g/mol. The van der Waals surface area contributed by atoms with E-state index in [0.717, 1.165) is 42.7 Å². The minimum Gasteiger partial charge on any atom is -0.354 e. The fraction of sp³-hybridized carbons (Fsp3) is 0.500. The summed E-state index contributed by atoms with van der Waals surface area (Å²) in [4.78, 5) is 6.43. The van der Waals surface area contributed by atoms with Crippen LogP contribution in [0.5, 0.6) is 0 Å². The summed E-state index contributed by atoms with van der Waals surface area (Å²) in [6.07, 6.45) is -1.38. The predicted octanol–water partition coefficient (Wildman–Crippen LogP) is 2.91. The van der Waals surface area contributed by atoms with Gasteiger partial charge in [-0.1, -0.05) is 12.1 Å². The summed E-state index contributed by atoms with van der Waals surface area (Å²) in [6, 6.07) is 6.69. The number of aliphatic imine (C=N–C) groups is 1. The summed E-state index contributed by atoms with van der Waals surface area (Å²) in [5, 5.41) is 9.75. The van der Waals surface area contributed by atoms with E-state index in [1.165, 1.54) is 25.4 Å². The third-order valence-electron chi connectivity index (χ3n) is 5.09. The summed E-state index contributed by atoms with van der Waals surface area (Å²) < 4.78 is 53.4. The van der Waals surface area contributed by atoms with Crippen molar-refractivity contribution >= 4 is 5.96 Å². The summed E-state index contributed by atoms with van der Waals surface area (Å²) >= 11 is 0. The number of hydrogen-bond donors (Lipinski definition) is 2. The highest BCUT2D eigenvalue weighted by Crippen LogP contribution is 2.30. The van der Waals surface area contributed by atoms with E-state index in [9.17, 15) is 17.6 Å². The fourth-order valence-corrected chi connectivity index (χ4v) is 3.56. The maximum Gasteiger partial charge on any atom is 0.435 e. The molecule has 1 aromatic carbocycles. The van der Waals surface area contributed by atoms with E-state index in [-0.39, 0.29) is 24.0 Å². The van der Waals surface area contributed by atoms with Gasteiger partial charge < -0.3 is 10.6 Å². The molecule has 1 aliphatic heterocycles. The smallest absolute Gasteiger partial charge is 0.354 e. The van der Waals surface area contributed by atoms with Crippen LogP contribution in [-0.2, 0) is 26.3 Å². The molecule has 1 fully saturated rings. The highest BCUT2D eigenvalue weighted by Gasteiger charge is 2.36. The molecule has 0 spiro atoms. The van der Waals surface area contributed by atoms with Crippen molar-refractivity contribution in [3.63, 3.8) is 0 Å². The van der Waals surface area contributed by atoms with Gasteiger partial charge in [0, 0.05) is 58.1 Å². The second-order valence-corrected chi connectivity index (χ2v) is 7.42. The molecule has 0 amide bonds. The number of nitrogens with zero attached hydrogens (tertiary/aromatic N) is 4. The topological polar surface area (TPSA) is 57.5 Å². The first-order chi connectivity index (χ1) is 14.2. The van der Waals surface area contributed by atoms with E-state index in [1.54, 1.807) is 19.2 Å². The first-order valence-electron chi connectivity index (χ1n) is 9.78. The zero-order valence-corrected chi connectivity index (χ0v) is 17.0. The number of aryl methyl sites for hydroxylation is 1. The number of likely N-dealkylation sites (tertiary alicyclic amines) is 1. The number of nitrogens with one attached hydrogen (secondary N) is 2. The highest BCUT2D eigenvalue weighted by molar-refractivity contribution is 5.80. The molecular weight excluding hydrogens is 400 g/mol. The minimum absolute atomic E-state index is 0.0221. The lowest BCUT2D eigenvalue weighted by Gasteiger charge is -2.33. The van der Waals surface area contributed by atoms with Crippen LogP contribution in [0.4, 0.5) is 17.6 Å². The summed E-state index contributed by atoms with van der Waals surface area (Å²) in [5.74, 6) is 0.221. The Hall–Kier alpha value is -2.62. The van der Waals surface area contributed by atoms with Gasteiger partial charge in [0.25, 0.3) is 0 Å². The van der Waals surface area contributed by atoms with Crippen molar-refractivity contribution in [2.45, 2.75) is 38.1 Å². The molecule has 164 valence electrons. The molecule has 1 aliphatic rings. The molecule has 1 aromatic heterocycles. The van der Waals surface area contributed by atoms with Crippen molar-refractivity contribution in [2.24, 2.45) is 12.0 Å². The summed E-state index contributed by atoms with van der Waals surface area (Å²) in [7, 11) is 3.05. The zero-order chi connectivity index (χ0) is 21.7. The standard InChI is InChI=1S/C20H26F4N6/c1-25-19(26-11-15-13-29(2)28-18(15)20(22,23)24)27-17-7-9-30(10-8-17)12-14-3-5-16(21)6-4-14/h3-6,13,17H,7-12H2,1-2H3,(H2,25,26,27). The highest BCUT2D eigenvalue weighted by atomic mass is 19.4. The van der Waals surface area contributed by atoms with Crippen LogP contribution in [0.15, 0.2) is 35.5 Å². The van der Waals surface area contributed by atoms with Gasteiger partial charge in [-0.25, -0.2) is 4.39 Å². The van der Waals surface area contributed by atoms with Crippen molar-refractivity contribution in [1.82, 2.24) is 25.3 Å². The molecule has 0 bridgehead atoms. The van der Waals surface area contributed by atoms with Crippen LogP contribution in [-0.4, -0.2) is 46.8 Å². The number of hydrogen-bond acceptors (Lipinski definition) is 3. The first kappa shape index (κ1) is 22.1. The van der Waals surface area contributed by atoms with Gasteiger partial charge in [0.1, 0.15) is 5.82 Å². The maximum absolute atomic E-state index is 13.1. The minimum atomic E-state index is -4.49. The van der Waals surface area contributed by atoms with Crippen molar-refractivity contribution in [3.05, 3.63) is 53.1 Å². The molecule has 0 radical (unpaired) electrons. The molecule has 2 N–H and O–H groups in total. The van der Waals surface area contributed by atoms with Gasteiger partial charge >= 0.3 is 6.18 Å². The Bertz CT molecular complexity index is 851. The second kappa shape index (κ2) is 9.46. The number of rotatable bonds is 5. The molecule has 2 aromatic rings. The molecule has 0 saturated carbocycles. The van der Waals surface area contributed by atoms with Crippen molar-refractivity contribution < 1.29 is 17.6 Å². The number of piperidine rings is 1. The first-order valence-corrected chi connectivity index (χ1v) is 9.78. The van der Waals surface area contributed by atoms with Crippen LogP contribution in [0.25, 0.3) is 0 Å². The zero-order valence-electron chi connectivity index (χ0n) is 17.0. The van der Waals surface area contributed by atoms with E-state index in [0.29, 0.717) is 5.96 Å². The van der Waals surface area contributed by atoms with Gasteiger partial charge in [0.2, 0.25) is 0 Å². The third-order valence-corrected chi connectivity index (χ3v) is 5.09. The van der Waals surface area contributed by atoms with Crippen LogP contribution in [0, 0.1) is 5.82 Å². The summed E-state index contributed by atoms with van der Waals surface area (Å²) in [5.41, 5.74) is 0.251. The van der Waals surface area contributed by atoms with Crippen molar-refractivity contribution in [2.75, 3.05) is 20.1 Å². The molecule has 0 unspecified atom stereocenters. The molecular formula is C20H26F4N6. The maximum atomic E-state index is 13.1. The van der Waals surface area contributed by atoms with Gasteiger partial charge in [0.15, 0.2) is 11.7 Å². The van der Waals surface area contributed by atoms with Crippen LogP contribution in [0.2, 0.25) is 0 Å². The molecule has 30 heavy (non-hydrogen) atoms. The Labute approximate surface area is 173 Å². The lowest BCUT2D eigenvalue weighted by atomic mass is 10.0. The third kappa shape index (κ3) is 5.94. The van der Waals surface area contributed by atoms with Gasteiger partial charge in [-0.3, -0.25) is 14.6 Å². The van der Waals surface area contributed by atoms with E-state index < -0.39 is 11.9 Å². The van der Waals surface area contributed by atoms with Gasteiger partial charge in [-0.15, -0.1) is 0 Å². The van der Waals surface area contributed by atoms with E-state index >= 15 is 0 Å². The van der Waals surface area contributed by atoms with Gasteiger partial charge in [-0.2, -0.15) is 18.3 Å². The van der Waals surface area contributed by atoms with Crippen molar-refractivity contribution in [3.8, 4) is 0 Å². The predicted molar refractivity (Wildman–Crippen MR) is 106 cm³/mol. The molecule has 1 saturated heterocycles. The Morgan fingerprint density at radius 1 is 1.20 bits per heavy atom. The van der Waals surface area contributed by atoms with Crippen LogP contribution in [0.3, 0.4) is 0 Å². The molecule has 6 nitrogen and oxygen atoms in total. The largest absolute Gasteiger partial charge is 0.435 e. The lowest BCUT2D eigenvalue weighted by molar-refractivity contribution is -0.142. The Balaban J connectivity index is 1.47. The summed E-state index contributed by atoms with van der Waals surface area (Å²) in [6.45, 7) is 2.48. The average molecular weight is 426 g/mol. The quantitative estimate of drug-likeness (QED) is 0.439.